The van der Waals surface area contributed by atoms with Gasteiger partial charge in [0.2, 0.25) is 5.91 Å². The fraction of sp³-hybridized carbons (Fsp3) is 0.483. The maximum Gasteiger partial charge on any atom is 0.410 e. The van der Waals surface area contributed by atoms with E-state index in [-0.39, 0.29) is 28.9 Å². The number of carboxylic acid groups (broad SMARTS) is 1. The summed E-state index contributed by atoms with van der Waals surface area (Å²) in [6.07, 6.45) is 3.22. The molecule has 2 aromatic carbocycles. The van der Waals surface area contributed by atoms with E-state index < -0.39 is 11.6 Å². The van der Waals surface area contributed by atoms with Gasteiger partial charge in [0.15, 0.2) is 0 Å². The highest BCUT2D eigenvalue weighted by Gasteiger charge is 2.50. The number of carbonyl (C=O) groups excluding carboxylic acids is 2. The Bertz CT molecular complexity index is 1070. The first-order valence-electron chi connectivity index (χ1n) is 12.7. The van der Waals surface area contributed by atoms with Gasteiger partial charge in [-0.3, -0.25) is 4.79 Å². The third kappa shape index (κ3) is 6.25. The number of amides is 2. The summed E-state index contributed by atoms with van der Waals surface area (Å²) in [4.78, 5) is 40.9. The van der Waals surface area contributed by atoms with Crippen LogP contribution in [0.3, 0.4) is 0 Å². The van der Waals surface area contributed by atoms with Crippen molar-refractivity contribution in [3.05, 3.63) is 71.3 Å². The van der Waals surface area contributed by atoms with E-state index in [1.54, 1.807) is 29.2 Å². The molecule has 1 saturated carbocycles. The van der Waals surface area contributed by atoms with E-state index in [0.717, 1.165) is 36.8 Å². The Hall–Kier alpha value is -3.35. The summed E-state index contributed by atoms with van der Waals surface area (Å²) >= 11 is 0. The van der Waals surface area contributed by atoms with E-state index in [1.807, 2.05) is 56.0 Å². The van der Waals surface area contributed by atoms with Crippen LogP contribution < -0.4 is 0 Å². The molecule has 0 atom stereocenters. The molecule has 0 unspecified atom stereocenters. The number of nitrogens with zero attached hydrogens (tertiary/aromatic N) is 2. The number of likely N-dealkylation sites (tertiary alicyclic amines) is 1. The summed E-state index contributed by atoms with van der Waals surface area (Å²) in [5.74, 6) is -0.849. The van der Waals surface area contributed by atoms with E-state index in [9.17, 15) is 19.5 Å². The number of hydrogen-bond acceptors (Lipinski definition) is 4. The molecule has 1 spiro atoms. The van der Waals surface area contributed by atoms with Crippen LogP contribution in [-0.2, 0) is 22.6 Å². The number of aromatic carboxylic acids is 1. The Labute approximate surface area is 213 Å². The Morgan fingerprint density at radius 1 is 0.944 bits per heavy atom. The van der Waals surface area contributed by atoms with Gasteiger partial charge in [-0.25, -0.2) is 9.59 Å². The lowest BCUT2D eigenvalue weighted by molar-refractivity contribution is -0.147. The number of ether oxygens (including phenoxy) is 1. The normalized spacial score (nSPS) is 17.4. The van der Waals surface area contributed by atoms with E-state index in [4.69, 9.17) is 4.74 Å². The molecular formula is C29H36N2O5. The minimum atomic E-state index is -0.962. The van der Waals surface area contributed by atoms with Crippen molar-refractivity contribution >= 4 is 18.0 Å². The van der Waals surface area contributed by atoms with Crippen molar-refractivity contribution in [2.75, 3.05) is 13.1 Å². The van der Waals surface area contributed by atoms with Crippen LogP contribution in [0.15, 0.2) is 54.6 Å². The van der Waals surface area contributed by atoms with Crippen LogP contribution in [0.25, 0.3) is 0 Å². The lowest BCUT2D eigenvalue weighted by Gasteiger charge is -2.52. The zero-order valence-corrected chi connectivity index (χ0v) is 21.4. The van der Waals surface area contributed by atoms with Crippen molar-refractivity contribution in [2.24, 2.45) is 11.3 Å². The quantitative estimate of drug-likeness (QED) is 0.588. The minimum Gasteiger partial charge on any atom is -0.478 e. The van der Waals surface area contributed by atoms with Gasteiger partial charge in [-0.15, -0.1) is 0 Å². The molecule has 0 aromatic heterocycles. The maximum atomic E-state index is 13.6. The predicted octanol–water partition coefficient (Wildman–Crippen LogP) is 5.34. The van der Waals surface area contributed by atoms with Crippen molar-refractivity contribution in [1.82, 2.24) is 9.80 Å². The zero-order chi connectivity index (χ0) is 25.9. The van der Waals surface area contributed by atoms with E-state index in [2.05, 4.69) is 0 Å². The molecule has 0 radical (unpaired) electrons. The van der Waals surface area contributed by atoms with Gasteiger partial charge < -0.3 is 19.6 Å². The van der Waals surface area contributed by atoms with Crippen molar-refractivity contribution in [3.63, 3.8) is 0 Å². The standard InChI is InChI=1S/C29H36N2O5/c1-28(2,3)36-27(35)30-15-13-29(14-16-30)17-24(18-29)25(32)31(19-21-7-5-4-6-8-21)20-22-9-11-23(12-10-22)26(33)34/h4-12,24H,13-20H2,1-3H3,(H,33,34). The average Bonchev–Trinajstić information content (AvgIpc) is 2.81. The van der Waals surface area contributed by atoms with Crippen LogP contribution in [0, 0.1) is 11.3 Å². The SMILES string of the molecule is CC(C)(C)OC(=O)N1CCC2(CC1)CC(C(=O)N(Cc1ccccc1)Cc1ccc(C(=O)O)cc1)C2. The van der Waals surface area contributed by atoms with Crippen molar-refractivity contribution < 1.29 is 24.2 Å². The van der Waals surface area contributed by atoms with E-state index >= 15 is 0 Å². The Kier molecular flexibility index (Phi) is 7.38. The molecule has 7 nitrogen and oxygen atoms in total. The molecule has 1 aliphatic heterocycles. The van der Waals surface area contributed by atoms with Gasteiger partial charge in [0.05, 0.1) is 5.56 Å². The molecule has 2 amide bonds. The first-order chi connectivity index (χ1) is 17.0. The summed E-state index contributed by atoms with van der Waals surface area (Å²) in [5.41, 5.74) is 1.83. The fourth-order valence-electron chi connectivity index (χ4n) is 5.31. The molecule has 192 valence electrons. The summed E-state index contributed by atoms with van der Waals surface area (Å²) in [6, 6.07) is 16.7. The molecule has 2 aromatic rings. The highest BCUT2D eigenvalue weighted by molar-refractivity contribution is 5.87. The summed E-state index contributed by atoms with van der Waals surface area (Å²) in [6.45, 7) is 7.90. The fourth-order valence-corrected chi connectivity index (χ4v) is 5.31. The predicted molar refractivity (Wildman–Crippen MR) is 136 cm³/mol. The number of hydrogen-bond donors (Lipinski definition) is 1. The molecule has 4 rings (SSSR count). The average molecular weight is 493 g/mol. The van der Waals surface area contributed by atoms with E-state index in [1.165, 1.54) is 0 Å². The first kappa shape index (κ1) is 25.7. The summed E-state index contributed by atoms with van der Waals surface area (Å²) in [5, 5.41) is 9.18. The molecule has 1 N–H and O–H groups in total. The lowest BCUT2D eigenvalue weighted by atomic mass is 9.57. The molecule has 1 saturated heterocycles. The lowest BCUT2D eigenvalue weighted by Crippen LogP contribution is -2.53. The number of carboxylic acids is 1. The van der Waals surface area contributed by atoms with Crippen LogP contribution in [0.2, 0.25) is 0 Å². The monoisotopic (exact) mass is 492 g/mol. The van der Waals surface area contributed by atoms with Crippen molar-refractivity contribution in [3.8, 4) is 0 Å². The second-order valence-corrected chi connectivity index (χ2v) is 11.3. The van der Waals surface area contributed by atoms with Gasteiger partial charge in [-0.1, -0.05) is 42.5 Å². The van der Waals surface area contributed by atoms with Crippen LogP contribution in [0.4, 0.5) is 4.79 Å². The van der Waals surface area contributed by atoms with Gasteiger partial charge in [0.1, 0.15) is 5.60 Å². The van der Waals surface area contributed by atoms with Crippen LogP contribution >= 0.6 is 0 Å². The van der Waals surface area contributed by atoms with Crippen LogP contribution in [-0.4, -0.2) is 51.6 Å². The second-order valence-electron chi connectivity index (χ2n) is 11.3. The molecule has 7 heteroatoms. The largest absolute Gasteiger partial charge is 0.478 e. The third-order valence-electron chi connectivity index (χ3n) is 7.29. The molecule has 2 aliphatic rings. The number of rotatable bonds is 6. The van der Waals surface area contributed by atoms with Gasteiger partial charge in [0.25, 0.3) is 0 Å². The number of carbonyl (C=O) groups is 3. The smallest absolute Gasteiger partial charge is 0.410 e. The van der Waals surface area contributed by atoms with Gasteiger partial charge in [-0.2, -0.15) is 0 Å². The maximum absolute atomic E-state index is 13.6. The highest BCUT2D eigenvalue weighted by atomic mass is 16.6. The number of benzene rings is 2. The molecule has 1 heterocycles. The van der Waals surface area contributed by atoms with Gasteiger partial charge in [-0.05, 0) is 75.1 Å². The third-order valence-corrected chi connectivity index (χ3v) is 7.29. The molecule has 1 aliphatic carbocycles. The van der Waals surface area contributed by atoms with Crippen molar-refractivity contribution in [1.29, 1.82) is 0 Å². The van der Waals surface area contributed by atoms with Crippen LogP contribution in [0.1, 0.15) is 67.9 Å². The Morgan fingerprint density at radius 2 is 1.50 bits per heavy atom. The molecular weight excluding hydrogens is 456 g/mol. The number of piperidine rings is 1. The van der Waals surface area contributed by atoms with Gasteiger partial charge >= 0.3 is 12.1 Å². The summed E-state index contributed by atoms with van der Waals surface area (Å²) in [7, 11) is 0. The first-order valence-corrected chi connectivity index (χ1v) is 12.7. The van der Waals surface area contributed by atoms with E-state index in [0.29, 0.717) is 26.2 Å². The topological polar surface area (TPSA) is 87.2 Å². The molecule has 36 heavy (non-hydrogen) atoms. The Balaban J connectivity index is 1.38. The Morgan fingerprint density at radius 3 is 2.03 bits per heavy atom. The van der Waals surface area contributed by atoms with Crippen LogP contribution in [0.5, 0.6) is 0 Å². The zero-order valence-electron chi connectivity index (χ0n) is 21.4. The van der Waals surface area contributed by atoms with Gasteiger partial charge in [0, 0.05) is 32.1 Å². The second kappa shape index (κ2) is 10.3. The summed E-state index contributed by atoms with van der Waals surface area (Å²) < 4.78 is 5.52. The highest BCUT2D eigenvalue weighted by Crippen LogP contribution is 2.53. The molecule has 0 bridgehead atoms. The molecule has 2 fully saturated rings. The minimum absolute atomic E-state index is 0.0277. The van der Waals surface area contributed by atoms with Crippen molar-refractivity contribution in [2.45, 2.75) is 65.1 Å².